The minimum absolute atomic E-state index is 0. The summed E-state index contributed by atoms with van der Waals surface area (Å²) in [5.74, 6) is 0.342. The van der Waals surface area contributed by atoms with E-state index < -0.39 is 0 Å². The fourth-order valence-corrected chi connectivity index (χ4v) is 2.64. The highest BCUT2D eigenvalue weighted by atomic mass is 127. The first-order valence-corrected chi connectivity index (χ1v) is 8.47. The van der Waals surface area contributed by atoms with Crippen LogP contribution in [0.4, 0.5) is 0 Å². The molecule has 0 amide bonds. The summed E-state index contributed by atoms with van der Waals surface area (Å²) < 4.78 is 0.817. The predicted molar refractivity (Wildman–Crippen MR) is 96.0 cm³/mol. The maximum absolute atomic E-state index is 12.5. The van der Waals surface area contributed by atoms with Crippen LogP contribution < -0.4 is 24.0 Å². The van der Waals surface area contributed by atoms with Crippen LogP contribution in [0.5, 0.6) is 0 Å². The van der Waals surface area contributed by atoms with E-state index in [4.69, 9.17) is 11.6 Å². The summed E-state index contributed by atoms with van der Waals surface area (Å²) in [5, 5.41) is 0.714. The molecule has 1 atom stereocenters. The van der Waals surface area contributed by atoms with Gasteiger partial charge in [-0.05, 0) is 30.2 Å². The van der Waals surface area contributed by atoms with Crippen LogP contribution in [0.1, 0.15) is 38.2 Å². The van der Waals surface area contributed by atoms with Crippen LogP contribution in [-0.2, 0) is 4.79 Å². The third kappa shape index (κ3) is 10.2. The van der Waals surface area contributed by atoms with Crippen LogP contribution in [0.25, 0.3) is 6.08 Å². The summed E-state index contributed by atoms with van der Waals surface area (Å²) in [5.41, 5.74) is 1.01. The second-order valence-electron chi connectivity index (χ2n) is 6.95. The molecule has 0 aromatic heterocycles. The molecule has 1 unspecified atom stereocenters. The topological polar surface area (TPSA) is 17.1 Å². The van der Waals surface area contributed by atoms with E-state index in [9.17, 15) is 4.79 Å². The van der Waals surface area contributed by atoms with Crippen molar-refractivity contribution in [3.8, 4) is 0 Å². The molecule has 0 fully saturated rings. The van der Waals surface area contributed by atoms with Crippen LogP contribution in [0.2, 0.25) is 5.02 Å². The van der Waals surface area contributed by atoms with Crippen molar-refractivity contribution < 1.29 is 33.3 Å². The Morgan fingerprint density at radius 1 is 1.17 bits per heavy atom. The molecule has 0 bridgehead atoms. The molecular weight excluding hydrogens is 421 g/mol. The molecule has 1 rings (SSSR count). The number of hydrogen-bond donors (Lipinski definition) is 0. The molecule has 0 aliphatic carbocycles. The number of ketones is 1. The van der Waals surface area contributed by atoms with Crippen LogP contribution in [0.15, 0.2) is 30.3 Å². The lowest BCUT2D eigenvalue weighted by molar-refractivity contribution is -0.872. The summed E-state index contributed by atoms with van der Waals surface area (Å²) in [6.07, 6.45) is 8.11. The Balaban J connectivity index is 0.00000484. The lowest BCUT2D eigenvalue weighted by atomic mass is 9.95. The first-order valence-electron chi connectivity index (χ1n) is 8.10. The highest BCUT2D eigenvalue weighted by Crippen LogP contribution is 2.16. The SMILES string of the molecule is CCCCCC(C[N+](C)(C)C)C(=O)/C=C/c1ccc(Cl)cc1.[I-]. The highest BCUT2D eigenvalue weighted by Gasteiger charge is 2.23. The lowest BCUT2D eigenvalue weighted by Gasteiger charge is -2.28. The molecule has 0 radical (unpaired) electrons. The molecule has 1 aromatic rings. The van der Waals surface area contributed by atoms with Gasteiger partial charge in [-0.1, -0.05) is 56.0 Å². The maximum atomic E-state index is 12.5. The normalized spacial score (nSPS) is 12.9. The fourth-order valence-electron chi connectivity index (χ4n) is 2.51. The van der Waals surface area contributed by atoms with Crippen LogP contribution in [-0.4, -0.2) is 38.0 Å². The van der Waals surface area contributed by atoms with E-state index in [0.717, 1.165) is 29.4 Å². The second kappa shape index (κ2) is 11.2. The number of benzene rings is 1. The Morgan fingerprint density at radius 3 is 2.30 bits per heavy atom. The smallest absolute Gasteiger partial charge is 0.164 e. The van der Waals surface area contributed by atoms with E-state index in [0.29, 0.717) is 5.02 Å². The molecule has 0 saturated heterocycles. The van der Waals surface area contributed by atoms with E-state index in [1.54, 1.807) is 6.08 Å². The van der Waals surface area contributed by atoms with Gasteiger partial charge in [0.05, 0.1) is 33.6 Å². The number of rotatable bonds is 9. The number of carbonyl (C=O) groups is 1. The number of hydrogen-bond acceptors (Lipinski definition) is 1. The zero-order valence-corrected chi connectivity index (χ0v) is 17.6. The average Bonchev–Trinajstić information content (AvgIpc) is 2.44. The van der Waals surface area contributed by atoms with Crippen molar-refractivity contribution in [1.29, 1.82) is 0 Å². The molecule has 0 aliphatic rings. The molecule has 0 heterocycles. The maximum Gasteiger partial charge on any atom is 0.164 e. The average molecular weight is 450 g/mol. The third-order valence-electron chi connectivity index (χ3n) is 3.64. The minimum Gasteiger partial charge on any atom is -1.00 e. The van der Waals surface area contributed by atoms with Gasteiger partial charge in [0, 0.05) is 5.02 Å². The van der Waals surface area contributed by atoms with Crippen LogP contribution in [0.3, 0.4) is 0 Å². The van der Waals surface area contributed by atoms with Gasteiger partial charge in [-0.2, -0.15) is 0 Å². The largest absolute Gasteiger partial charge is 1.00 e. The molecule has 1 aromatic carbocycles. The quantitative estimate of drug-likeness (QED) is 0.243. The van der Waals surface area contributed by atoms with E-state index in [1.165, 1.54) is 12.8 Å². The van der Waals surface area contributed by atoms with Crippen molar-refractivity contribution in [2.75, 3.05) is 27.7 Å². The van der Waals surface area contributed by atoms with Crippen molar-refractivity contribution in [2.24, 2.45) is 5.92 Å². The lowest BCUT2D eigenvalue weighted by Crippen LogP contribution is -3.00. The molecule has 23 heavy (non-hydrogen) atoms. The van der Waals surface area contributed by atoms with Gasteiger partial charge < -0.3 is 28.5 Å². The Bertz CT molecular complexity index is 491. The van der Waals surface area contributed by atoms with E-state index >= 15 is 0 Å². The van der Waals surface area contributed by atoms with Crippen molar-refractivity contribution in [3.63, 3.8) is 0 Å². The highest BCUT2D eigenvalue weighted by molar-refractivity contribution is 6.30. The molecule has 0 saturated carbocycles. The predicted octanol–water partition coefficient (Wildman–Crippen LogP) is 1.83. The van der Waals surface area contributed by atoms with Gasteiger partial charge >= 0.3 is 0 Å². The summed E-state index contributed by atoms with van der Waals surface area (Å²) in [4.78, 5) is 12.5. The molecule has 2 nitrogen and oxygen atoms in total. The van der Waals surface area contributed by atoms with Crippen molar-refractivity contribution in [2.45, 2.75) is 32.6 Å². The van der Waals surface area contributed by atoms with E-state index in [2.05, 4.69) is 28.1 Å². The number of allylic oxidation sites excluding steroid dienone is 1. The number of quaternary nitrogens is 1. The summed E-state index contributed by atoms with van der Waals surface area (Å²) in [7, 11) is 6.43. The number of unbranched alkanes of at least 4 members (excludes halogenated alkanes) is 2. The molecule has 4 heteroatoms. The Hall–Kier alpha value is -0.390. The molecular formula is C19H29ClINO. The van der Waals surface area contributed by atoms with Gasteiger partial charge in [0.25, 0.3) is 0 Å². The summed E-state index contributed by atoms with van der Waals surface area (Å²) in [6.45, 7) is 3.07. The first kappa shape index (κ1) is 22.6. The Morgan fingerprint density at radius 2 is 1.78 bits per heavy atom. The summed E-state index contributed by atoms with van der Waals surface area (Å²) >= 11 is 5.88. The number of nitrogens with zero attached hydrogens (tertiary/aromatic N) is 1. The second-order valence-corrected chi connectivity index (χ2v) is 7.39. The van der Waals surface area contributed by atoms with Crippen molar-refractivity contribution in [1.82, 2.24) is 0 Å². The van der Waals surface area contributed by atoms with Gasteiger partial charge in [-0.3, -0.25) is 4.79 Å². The number of halogens is 2. The molecule has 0 N–H and O–H groups in total. The van der Waals surface area contributed by atoms with Gasteiger partial charge in [-0.15, -0.1) is 0 Å². The molecule has 0 aliphatic heterocycles. The van der Waals surface area contributed by atoms with Crippen molar-refractivity contribution in [3.05, 3.63) is 40.9 Å². The zero-order valence-electron chi connectivity index (χ0n) is 14.7. The Kier molecular flexibility index (Phi) is 11.0. The van der Waals surface area contributed by atoms with Crippen LogP contribution in [0, 0.1) is 5.92 Å². The summed E-state index contributed by atoms with van der Waals surface area (Å²) in [6, 6.07) is 7.54. The van der Waals surface area contributed by atoms with E-state index in [-0.39, 0.29) is 35.7 Å². The van der Waals surface area contributed by atoms with Crippen molar-refractivity contribution >= 4 is 23.5 Å². The number of carbonyl (C=O) groups excluding carboxylic acids is 1. The van der Waals surface area contributed by atoms with Gasteiger partial charge in [0.15, 0.2) is 5.78 Å². The fraction of sp³-hybridized carbons (Fsp3) is 0.526. The minimum atomic E-state index is 0. The monoisotopic (exact) mass is 449 g/mol. The van der Waals surface area contributed by atoms with Gasteiger partial charge in [0.1, 0.15) is 0 Å². The third-order valence-corrected chi connectivity index (χ3v) is 3.89. The first-order chi connectivity index (χ1) is 10.3. The van der Waals surface area contributed by atoms with Gasteiger partial charge in [-0.25, -0.2) is 0 Å². The standard InChI is InChI=1S/C19H29ClNO.HI/c1-5-6-7-8-17(15-21(2,3)4)19(22)14-11-16-9-12-18(20)13-10-16;/h9-14,17H,5-8,15H2,1-4H3;1H/q+1;/p-1/b14-11+;. The zero-order chi connectivity index (χ0) is 16.6. The Labute approximate surface area is 163 Å². The molecule has 130 valence electrons. The molecule has 0 spiro atoms. The van der Waals surface area contributed by atoms with Crippen LogP contribution >= 0.6 is 11.6 Å². The van der Waals surface area contributed by atoms with Gasteiger partial charge in [0.2, 0.25) is 0 Å². The van der Waals surface area contributed by atoms with E-state index in [1.807, 2.05) is 30.3 Å².